The summed E-state index contributed by atoms with van der Waals surface area (Å²) in [6.45, 7) is 9.50. The van der Waals surface area contributed by atoms with Crippen LogP contribution >= 0.6 is 0 Å². The van der Waals surface area contributed by atoms with Gasteiger partial charge in [0.25, 0.3) is 0 Å². The Morgan fingerprint density at radius 1 is 1.25 bits per heavy atom. The van der Waals surface area contributed by atoms with E-state index in [0.717, 1.165) is 25.8 Å². The van der Waals surface area contributed by atoms with Gasteiger partial charge in [-0.2, -0.15) is 0 Å². The Morgan fingerprint density at radius 3 is 2.55 bits per heavy atom. The van der Waals surface area contributed by atoms with Crippen molar-refractivity contribution in [2.24, 2.45) is 0 Å². The molecule has 2 nitrogen and oxygen atoms in total. The van der Waals surface area contributed by atoms with Gasteiger partial charge in [-0.25, -0.2) is 0 Å². The second-order valence-electron chi connectivity index (χ2n) is 5.41. The van der Waals surface area contributed by atoms with E-state index in [1.54, 1.807) is 0 Å². The van der Waals surface area contributed by atoms with Crippen molar-refractivity contribution in [2.45, 2.75) is 64.0 Å². The van der Waals surface area contributed by atoms with E-state index in [-0.39, 0.29) is 5.25 Å². The molecule has 1 N–H and O–H groups in total. The molecule has 0 aromatic heterocycles. The van der Waals surface area contributed by atoms with E-state index in [0.29, 0.717) is 11.8 Å². The van der Waals surface area contributed by atoms with Crippen molar-refractivity contribution in [3.63, 3.8) is 0 Å². The van der Waals surface area contributed by atoms with Crippen LogP contribution in [0.4, 0.5) is 0 Å². The highest BCUT2D eigenvalue weighted by Crippen LogP contribution is 2.17. The zero-order valence-corrected chi connectivity index (χ0v) is 14.1. The van der Waals surface area contributed by atoms with Crippen molar-refractivity contribution in [3.05, 3.63) is 35.4 Å². The highest BCUT2D eigenvalue weighted by atomic mass is 32.2. The van der Waals surface area contributed by atoms with Crippen LogP contribution in [0.5, 0.6) is 0 Å². The second kappa shape index (κ2) is 9.30. The molecule has 0 bridgehead atoms. The van der Waals surface area contributed by atoms with E-state index < -0.39 is 10.8 Å². The summed E-state index contributed by atoms with van der Waals surface area (Å²) in [6.07, 6.45) is 3.21. The third kappa shape index (κ3) is 5.37. The molecule has 0 saturated heterocycles. The van der Waals surface area contributed by atoms with Crippen LogP contribution in [0.25, 0.3) is 0 Å². The van der Waals surface area contributed by atoms with Crippen LogP contribution < -0.4 is 5.32 Å². The predicted molar refractivity (Wildman–Crippen MR) is 89.5 cm³/mol. The number of aryl methyl sites for hydroxylation is 1. The third-order valence-corrected chi connectivity index (χ3v) is 5.60. The van der Waals surface area contributed by atoms with Crippen LogP contribution in [0.15, 0.2) is 24.3 Å². The Hall–Kier alpha value is -0.670. The van der Waals surface area contributed by atoms with Crippen molar-refractivity contribution in [1.29, 1.82) is 0 Å². The fourth-order valence-electron chi connectivity index (χ4n) is 2.72. The molecule has 114 valence electrons. The van der Waals surface area contributed by atoms with E-state index in [4.69, 9.17) is 0 Å². The lowest BCUT2D eigenvalue weighted by Gasteiger charge is -2.26. The highest BCUT2D eigenvalue weighted by Gasteiger charge is 2.24. The zero-order valence-electron chi connectivity index (χ0n) is 13.3. The SMILES string of the molecule is CCCC(NCC)C(CC)S(=O)Cc1cccc(C)c1. The zero-order chi connectivity index (χ0) is 15.0. The van der Waals surface area contributed by atoms with Crippen molar-refractivity contribution >= 4 is 10.8 Å². The van der Waals surface area contributed by atoms with Crippen LogP contribution in [0, 0.1) is 6.92 Å². The molecule has 3 heteroatoms. The third-order valence-electron chi connectivity index (χ3n) is 3.65. The molecular formula is C17H29NOS. The predicted octanol–water partition coefficient (Wildman–Crippen LogP) is 3.80. The van der Waals surface area contributed by atoms with Gasteiger partial charge in [0.15, 0.2) is 0 Å². The van der Waals surface area contributed by atoms with Crippen LogP contribution in [0.3, 0.4) is 0 Å². The van der Waals surface area contributed by atoms with Crippen LogP contribution in [-0.2, 0) is 16.6 Å². The van der Waals surface area contributed by atoms with E-state index >= 15 is 0 Å². The lowest BCUT2D eigenvalue weighted by atomic mass is 10.1. The van der Waals surface area contributed by atoms with Gasteiger partial charge in [0.1, 0.15) is 0 Å². The smallest absolute Gasteiger partial charge is 0.0502 e. The molecule has 0 aliphatic rings. The van der Waals surface area contributed by atoms with Gasteiger partial charge in [0.2, 0.25) is 0 Å². The average Bonchev–Trinajstić information content (AvgIpc) is 2.40. The largest absolute Gasteiger partial charge is 0.313 e. The van der Waals surface area contributed by atoms with Crippen LogP contribution in [0.2, 0.25) is 0 Å². The fourth-order valence-corrected chi connectivity index (χ4v) is 4.41. The standard InChI is InChI=1S/C17H29NOS/c1-5-9-16(18-7-3)17(6-2)20(19)13-15-11-8-10-14(4)12-15/h8,10-12,16-18H,5-7,9,13H2,1-4H3. The van der Waals surface area contributed by atoms with Gasteiger partial charge in [0, 0.05) is 22.6 Å². The number of nitrogens with one attached hydrogen (secondary N) is 1. The van der Waals surface area contributed by atoms with Crippen molar-refractivity contribution in [3.8, 4) is 0 Å². The first-order valence-electron chi connectivity index (χ1n) is 7.78. The van der Waals surface area contributed by atoms with Crippen LogP contribution in [-0.4, -0.2) is 22.0 Å². The van der Waals surface area contributed by atoms with Gasteiger partial charge >= 0.3 is 0 Å². The molecular weight excluding hydrogens is 266 g/mol. The minimum absolute atomic E-state index is 0.246. The maximum Gasteiger partial charge on any atom is 0.0502 e. The lowest BCUT2D eigenvalue weighted by Crippen LogP contribution is -2.42. The van der Waals surface area contributed by atoms with E-state index in [2.05, 4.69) is 57.3 Å². The molecule has 0 spiro atoms. The molecule has 20 heavy (non-hydrogen) atoms. The van der Waals surface area contributed by atoms with Gasteiger partial charge in [-0.15, -0.1) is 0 Å². The van der Waals surface area contributed by atoms with Gasteiger partial charge < -0.3 is 5.32 Å². The lowest BCUT2D eigenvalue weighted by molar-refractivity contribution is 0.458. The summed E-state index contributed by atoms with van der Waals surface area (Å²) in [4.78, 5) is 0. The summed E-state index contributed by atoms with van der Waals surface area (Å²) < 4.78 is 12.7. The fraction of sp³-hybridized carbons (Fsp3) is 0.647. The van der Waals surface area contributed by atoms with Gasteiger partial charge in [-0.3, -0.25) is 4.21 Å². The minimum atomic E-state index is -0.813. The summed E-state index contributed by atoms with van der Waals surface area (Å²) in [5.74, 6) is 0.672. The van der Waals surface area contributed by atoms with E-state index in [1.807, 2.05) is 0 Å². The average molecular weight is 295 g/mol. The summed E-state index contributed by atoms with van der Waals surface area (Å²) in [6, 6.07) is 8.74. The minimum Gasteiger partial charge on any atom is -0.313 e. The van der Waals surface area contributed by atoms with E-state index in [1.165, 1.54) is 11.1 Å². The molecule has 1 aromatic carbocycles. The number of hydrogen-bond donors (Lipinski definition) is 1. The molecule has 0 fully saturated rings. The maximum absolute atomic E-state index is 12.7. The Labute approximate surface area is 126 Å². The summed E-state index contributed by atoms with van der Waals surface area (Å²) in [7, 11) is -0.813. The molecule has 0 heterocycles. The topological polar surface area (TPSA) is 29.1 Å². The van der Waals surface area contributed by atoms with Crippen LogP contribution in [0.1, 0.15) is 51.2 Å². The Kier molecular flexibility index (Phi) is 8.08. The molecule has 1 aromatic rings. The first kappa shape index (κ1) is 17.4. The number of rotatable bonds is 9. The molecule has 0 aliphatic carbocycles. The molecule has 3 atom stereocenters. The van der Waals surface area contributed by atoms with Crippen molar-refractivity contribution in [1.82, 2.24) is 5.32 Å². The molecule has 1 rings (SSSR count). The summed E-state index contributed by atoms with van der Waals surface area (Å²) in [5.41, 5.74) is 2.43. The Morgan fingerprint density at radius 2 is 2.00 bits per heavy atom. The second-order valence-corrected chi connectivity index (χ2v) is 7.07. The van der Waals surface area contributed by atoms with Gasteiger partial charge in [0.05, 0.1) is 5.25 Å². The first-order valence-corrected chi connectivity index (χ1v) is 9.16. The van der Waals surface area contributed by atoms with Crippen molar-refractivity contribution < 1.29 is 4.21 Å². The molecule has 0 radical (unpaired) electrons. The highest BCUT2D eigenvalue weighted by molar-refractivity contribution is 7.84. The maximum atomic E-state index is 12.7. The monoisotopic (exact) mass is 295 g/mol. The molecule has 3 unspecified atom stereocenters. The molecule has 0 saturated carbocycles. The quantitative estimate of drug-likeness (QED) is 0.751. The number of hydrogen-bond acceptors (Lipinski definition) is 2. The Bertz CT molecular complexity index is 413. The number of benzene rings is 1. The first-order chi connectivity index (χ1) is 9.62. The van der Waals surface area contributed by atoms with E-state index in [9.17, 15) is 4.21 Å². The van der Waals surface area contributed by atoms with Gasteiger partial charge in [-0.1, -0.05) is 57.0 Å². The summed E-state index contributed by atoms with van der Waals surface area (Å²) >= 11 is 0. The van der Waals surface area contributed by atoms with Gasteiger partial charge in [-0.05, 0) is 31.9 Å². The van der Waals surface area contributed by atoms with Crippen molar-refractivity contribution in [2.75, 3.05) is 6.54 Å². The normalized spacial score (nSPS) is 15.8. The Balaban J connectivity index is 2.74. The molecule has 0 amide bonds. The summed E-state index contributed by atoms with van der Waals surface area (Å²) in [5, 5.41) is 3.77. The molecule has 0 aliphatic heterocycles.